The third-order valence-electron chi connectivity index (χ3n) is 5.08. The van der Waals surface area contributed by atoms with E-state index in [0.29, 0.717) is 12.8 Å². The number of nitrogen functional groups attached to an aromatic ring is 1. The van der Waals surface area contributed by atoms with E-state index < -0.39 is 39.8 Å². The fraction of sp³-hybridized carbons (Fsp3) is 0.375. The second-order valence-corrected chi connectivity index (χ2v) is 6.36. The highest BCUT2D eigenvalue weighted by atomic mass is 19.2. The second kappa shape index (κ2) is 4.68. The zero-order chi connectivity index (χ0) is 17.2. The molecule has 2 aliphatic rings. The molecule has 6 nitrogen and oxygen atoms in total. The number of aromatic nitrogens is 1. The first-order chi connectivity index (χ1) is 11.4. The van der Waals surface area contributed by atoms with Crippen LogP contribution >= 0.6 is 0 Å². The number of carboxylic acids is 1. The van der Waals surface area contributed by atoms with E-state index in [9.17, 15) is 23.5 Å². The Morgan fingerprint density at radius 3 is 2.58 bits per heavy atom. The van der Waals surface area contributed by atoms with Crippen molar-refractivity contribution in [3.8, 4) is 5.75 Å². The van der Waals surface area contributed by atoms with E-state index in [2.05, 4.69) is 0 Å². The van der Waals surface area contributed by atoms with Crippen LogP contribution in [0.2, 0.25) is 0 Å². The molecular weight excluding hydrogens is 322 g/mol. The van der Waals surface area contributed by atoms with E-state index in [0.717, 1.165) is 12.8 Å². The Morgan fingerprint density at radius 1 is 1.29 bits per heavy atom. The minimum atomic E-state index is -1.43. The summed E-state index contributed by atoms with van der Waals surface area (Å²) in [6.45, 7) is 0.0946. The molecule has 2 aromatic rings. The molecule has 1 aliphatic carbocycles. The Morgan fingerprint density at radius 2 is 1.96 bits per heavy atom. The highest BCUT2D eigenvalue weighted by Gasteiger charge is 2.43. The van der Waals surface area contributed by atoms with Gasteiger partial charge < -0.3 is 20.1 Å². The second-order valence-electron chi connectivity index (χ2n) is 6.36. The third-order valence-corrected chi connectivity index (χ3v) is 5.08. The van der Waals surface area contributed by atoms with Crippen LogP contribution in [0.25, 0.3) is 10.9 Å². The molecule has 8 heteroatoms. The first kappa shape index (κ1) is 14.9. The Balaban J connectivity index is 2.25. The number of nitrogens with zero attached hydrogens (tertiary/aromatic N) is 1. The maximum Gasteiger partial charge on any atom is 0.341 e. The smallest absolute Gasteiger partial charge is 0.341 e. The molecule has 3 N–H and O–H groups in total. The molecule has 126 valence electrons. The van der Waals surface area contributed by atoms with Gasteiger partial charge in [-0.25, -0.2) is 9.18 Å². The van der Waals surface area contributed by atoms with E-state index in [1.54, 1.807) is 4.57 Å². The summed E-state index contributed by atoms with van der Waals surface area (Å²) in [6, 6.07) is 0. The highest BCUT2D eigenvalue weighted by molar-refractivity contribution is 6.00. The summed E-state index contributed by atoms with van der Waals surface area (Å²) in [5.74, 6) is -4.48. The van der Waals surface area contributed by atoms with Crippen LogP contribution in [-0.2, 0) is 5.54 Å². The maximum atomic E-state index is 14.3. The summed E-state index contributed by atoms with van der Waals surface area (Å²) >= 11 is 0. The number of aromatic carboxylic acids is 1. The van der Waals surface area contributed by atoms with Crippen LogP contribution < -0.4 is 15.9 Å². The molecule has 1 aromatic heterocycles. The van der Waals surface area contributed by atoms with Crippen LogP contribution in [0.15, 0.2) is 11.0 Å². The molecule has 0 bridgehead atoms. The average Bonchev–Trinajstić information content (AvgIpc) is 3.01. The minimum absolute atomic E-state index is 0.0366. The summed E-state index contributed by atoms with van der Waals surface area (Å²) in [5.41, 5.74) is 2.94. The van der Waals surface area contributed by atoms with E-state index in [-0.39, 0.29) is 23.3 Å². The van der Waals surface area contributed by atoms with Gasteiger partial charge in [-0.15, -0.1) is 0 Å². The number of halogens is 2. The Bertz CT molecular complexity index is 961. The number of pyridine rings is 1. The Labute approximate surface area is 134 Å². The van der Waals surface area contributed by atoms with Crippen molar-refractivity contribution in [2.24, 2.45) is 0 Å². The molecule has 0 radical (unpaired) electrons. The lowest BCUT2D eigenvalue weighted by Gasteiger charge is -2.38. The van der Waals surface area contributed by atoms with Crippen LogP contribution in [0.4, 0.5) is 14.5 Å². The van der Waals surface area contributed by atoms with Gasteiger partial charge in [-0.2, -0.15) is 4.39 Å². The lowest BCUT2D eigenvalue weighted by molar-refractivity contribution is 0.0692. The number of nitrogens with two attached hydrogens (primary N) is 1. The minimum Gasteiger partial charge on any atom is -0.486 e. The van der Waals surface area contributed by atoms with Gasteiger partial charge in [-0.3, -0.25) is 4.79 Å². The summed E-state index contributed by atoms with van der Waals surface area (Å²) in [7, 11) is 0. The van der Waals surface area contributed by atoms with Crippen molar-refractivity contribution < 1.29 is 23.4 Å². The molecule has 1 saturated carbocycles. The monoisotopic (exact) mass is 336 g/mol. The molecular formula is C16H14F2N2O4. The zero-order valence-corrected chi connectivity index (χ0v) is 12.6. The zero-order valence-electron chi connectivity index (χ0n) is 12.6. The lowest BCUT2D eigenvalue weighted by Crippen LogP contribution is -2.42. The van der Waals surface area contributed by atoms with Gasteiger partial charge in [0, 0.05) is 6.20 Å². The lowest BCUT2D eigenvalue weighted by atomic mass is 9.94. The van der Waals surface area contributed by atoms with Gasteiger partial charge in [0.1, 0.15) is 17.7 Å². The van der Waals surface area contributed by atoms with Gasteiger partial charge in [-0.1, -0.05) is 12.8 Å². The Hall–Kier alpha value is -2.64. The number of hydrogen-bond acceptors (Lipinski definition) is 4. The molecule has 0 atom stereocenters. The quantitative estimate of drug-likeness (QED) is 0.779. The topological polar surface area (TPSA) is 94.5 Å². The van der Waals surface area contributed by atoms with Crippen LogP contribution in [-0.4, -0.2) is 22.2 Å². The number of anilines is 1. The van der Waals surface area contributed by atoms with Crippen molar-refractivity contribution in [2.75, 3.05) is 12.3 Å². The summed E-state index contributed by atoms with van der Waals surface area (Å²) in [4.78, 5) is 23.9. The molecule has 24 heavy (non-hydrogen) atoms. The standard InChI is InChI=1S/C16H14F2N2O4/c17-9-10(18)14-12-8(11(9)19)13(21)7(15(22)23)5-20(12)16(6-24-14)3-1-2-4-16/h5H,1-4,6,19H2,(H,22,23). The van der Waals surface area contributed by atoms with Crippen molar-refractivity contribution >= 4 is 22.6 Å². The summed E-state index contributed by atoms with van der Waals surface area (Å²) in [6.07, 6.45) is 4.40. The SMILES string of the molecule is Nc1c(F)c(F)c2c3c1c(=O)c(C(=O)O)cn3C1(CCCC1)CO2. The molecule has 1 fully saturated rings. The number of fused-ring (bicyclic) bond motifs is 1. The predicted octanol–water partition coefficient (Wildman–Crippen LogP) is 2.22. The van der Waals surface area contributed by atoms with Crippen LogP contribution in [0.1, 0.15) is 36.0 Å². The van der Waals surface area contributed by atoms with Gasteiger partial charge >= 0.3 is 5.97 Å². The van der Waals surface area contributed by atoms with Crippen LogP contribution in [0.3, 0.4) is 0 Å². The van der Waals surface area contributed by atoms with Gasteiger partial charge in [-0.05, 0) is 12.8 Å². The molecule has 0 saturated heterocycles. The fourth-order valence-corrected chi connectivity index (χ4v) is 3.87. The van der Waals surface area contributed by atoms with E-state index >= 15 is 0 Å². The molecule has 2 heterocycles. The van der Waals surface area contributed by atoms with E-state index in [1.165, 1.54) is 6.20 Å². The largest absolute Gasteiger partial charge is 0.486 e. The van der Waals surface area contributed by atoms with Crippen LogP contribution in [0.5, 0.6) is 5.75 Å². The van der Waals surface area contributed by atoms with Crippen molar-refractivity contribution in [1.29, 1.82) is 0 Å². The number of rotatable bonds is 1. The van der Waals surface area contributed by atoms with E-state index in [4.69, 9.17) is 10.5 Å². The maximum absolute atomic E-state index is 14.3. The van der Waals surface area contributed by atoms with Gasteiger partial charge in [0.15, 0.2) is 11.6 Å². The van der Waals surface area contributed by atoms with Gasteiger partial charge in [0.2, 0.25) is 11.2 Å². The normalized spacial score (nSPS) is 18.1. The van der Waals surface area contributed by atoms with Crippen LogP contribution in [0, 0.1) is 11.6 Å². The average molecular weight is 336 g/mol. The highest BCUT2D eigenvalue weighted by Crippen LogP contribution is 2.46. The van der Waals surface area contributed by atoms with Crippen molar-refractivity contribution in [3.05, 3.63) is 33.6 Å². The predicted molar refractivity (Wildman–Crippen MR) is 81.4 cm³/mol. The molecule has 0 unspecified atom stereocenters. The summed E-state index contributed by atoms with van der Waals surface area (Å²) < 4.78 is 35.4. The number of ether oxygens (including phenoxy) is 1. The van der Waals surface area contributed by atoms with Gasteiger partial charge in [0.25, 0.3) is 0 Å². The van der Waals surface area contributed by atoms with Crippen molar-refractivity contribution in [2.45, 2.75) is 31.2 Å². The first-order valence-corrected chi connectivity index (χ1v) is 7.60. The van der Waals surface area contributed by atoms with Gasteiger partial charge in [0.05, 0.1) is 16.6 Å². The fourth-order valence-electron chi connectivity index (χ4n) is 3.87. The summed E-state index contributed by atoms with van der Waals surface area (Å²) in [5, 5.41) is 8.99. The number of carbonyl (C=O) groups is 1. The molecule has 1 aromatic carbocycles. The van der Waals surface area contributed by atoms with Crippen molar-refractivity contribution in [3.63, 3.8) is 0 Å². The Kier molecular flexibility index (Phi) is 2.91. The molecule has 1 aliphatic heterocycles. The third kappa shape index (κ3) is 1.68. The first-order valence-electron chi connectivity index (χ1n) is 7.60. The molecule has 0 amide bonds. The van der Waals surface area contributed by atoms with Crippen molar-refractivity contribution in [1.82, 2.24) is 4.57 Å². The molecule has 4 rings (SSSR count). The molecule has 1 spiro atoms. The van der Waals surface area contributed by atoms with E-state index in [1.807, 2.05) is 0 Å². The number of carboxylic acid groups (broad SMARTS) is 1. The number of benzene rings is 1. The number of hydrogen-bond donors (Lipinski definition) is 2.